The molecule has 1 amide bonds. The predicted octanol–water partition coefficient (Wildman–Crippen LogP) is 4.62. The molecule has 1 fully saturated rings. The molecule has 192 valence electrons. The fraction of sp³-hybridized carbons (Fsp3) is 0.478. The van der Waals surface area contributed by atoms with Crippen LogP contribution in [-0.2, 0) is 15.1 Å². The molecule has 6 nitrogen and oxygen atoms in total. The maximum absolute atomic E-state index is 14.4. The summed E-state index contributed by atoms with van der Waals surface area (Å²) in [4.78, 5) is 17.0. The third-order valence-corrected chi connectivity index (χ3v) is 6.41. The molecule has 2 N–H and O–H groups in total. The molecular formula is C23H24F6N2O4. The van der Waals surface area contributed by atoms with E-state index in [0.717, 1.165) is 39.2 Å². The zero-order chi connectivity index (χ0) is 26.3. The van der Waals surface area contributed by atoms with Crippen LogP contribution in [0.4, 0.5) is 32.0 Å². The van der Waals surface area contributed by atoms with E-state index in [9.17, 15) is 36.2 Å². The number of nitrogens with zero attached hydrogens (tertiary/aromatic N) is 1. The zero-order valence-corrected chi connectivity index (χ0v) is 19.2. The molecule has 0 saturated carbocycles. The monoisotopic (exact) mass is 506 g/mol. The van der Waals surface area contributed by atoms with E-state index in [1.165, 1.54) is 19.2 Å². The Kier molecular flexibility index (Phi) is 7.11. The molecule has 35 heavy (non-hydrogen) atoms. The lowest BCUT2D eigenvalue weighted by Gasteiger charge is -2.32. The average Bonchev–Trinajstić information content (AvgIpc) is 3.07. The van der Waals surface area contributed by atoms with Gasteiger partial charge < -0.3 is 19.9 Å². The number of benzene rings is 1. The molecule has 5 atom stereocenters. The highest BCUT2D eigenvalue weighted by Crippen LogP contribution is 2.55. The number of rotatable bonds is 6. The molecule has 2 heterocycles. The summed E-state index contributed by atoms with van der Waals surface area (Å²) >= 11 is 0. The van der Waals surface area contributed by atoms with Gasteiger partial charge in [-0.05, 0) is 32.0 Å². The van der Waals surface area contributed by atoms with Crippen molar-refractivity contribution in [1.29, 1.82) is 0 Å². The first-order valence-electron chi connectivity index (χ1n) is 10.5. The Morgan fingerprint density at radius 3 is 2.51 bits per heavy atom. The number of carbonyl (C=O) groups excluding carboxylic acids is 1. The molecule has 1 aliphatic rings. The summed E-state index contributed by atoms with van der Waals surface area (Å²) in [6.45, 7) is 1.94. The van der Waals surface area contributed by atoms with Crippen molar-refractivity contribution in [3.8, 4) is 5.75 Å². The summed E-state index contributed by atoms with van der Waals surface area (Å²) in [5.74, 6) is -7.16. The maximum atomic E-state index is 14.4. The molecule has 2 aromatic rings. The Balaban J connectivity index is 2.06. The van der Waals surface area contributed by atoms with Gasteiger partial charge in [0.25, 0.3) is 5.91 Å². The van der Waals surface area contributed by atoms with Crippen LogP contribution in [0.25, 0.3) is 0 Å². The number of methoxy groups -OCH3 is 1. The molecule has 0 spiro atoms. The van der Waals surface area contributed by atoms with Crippen molar-refractivity contribution in [2.45, 2.75) is 50.2 Å². The normalized spacial score (nSPS) is 26.3. The van der Waals surface area contributed by atoms with Crippen molar-refractivity contribution in [2.75, 3.05) is 19.1 Å². The van der Waals surface area contributed by atoms with Gasteiger partial charge in [0.05, 0.1) is 12.8 Å². The highest BCUT2D eigenvalue weighted by Gasteiger charge is 2.65. The molecule has 0 aliphatic carbocycles. The predicted molar refractivity (Wildman–Crippen MR) is 113 cm³/mol. The summed E-state index contributed by atoms with van der Waals surface area (Å²) in [6.07, 6.45) is -5.54. The van der Waals surface area contributed by atoms with Crippen molar-refractivity contribution in [3.05, 3.63) is 53.4 Å². The van der Waals surface area contributed by atoms with E-state index in [-0.39, 0.29) is 16.9 Å². The maximum Gasteiger partial charge on any atom is 0.417 e. The molecule has 1 aliphatic heterocycles. The molecule has 1 saturated heterocycles. The number of halogens is 6. The number of pyridine rings is 1. The standard InChI is InChI=1S/C23H24F6N2O4/c1-11-16(13-5-6-14(25)17(26)18(13)34-4)19(35-22(11,3)23(27,28)29)20(32)31-12-7-8-30-15(9-12)21(2,33)10-24/h5-9,11,16,19,33H,10H2,1-4H3,(H,30,31,32)/t11-,16-,19+,21-,22+/m0/s1. The molecule has 0 bridgehead atoms. The molecule has 3 rings (SSSR count). The lowest BCUT2D eigenvalue weighted by atomic mass is 9.77. The number of alkyl halides is 4. The van der Waals surface area contributed by atoms with Gasteiger partial charge in [0.2, 0.25) is 5.82 Å². The Hall–Kier alpha value is -2.86. The van der Waals surface area contributed by atoms with Gasteiger partial charge in [-0.2, -0.15) is 17.6 Å². The van der Waals surface area contributed by atoms with Gasteiger partial charge in [0, 0.05) is 29.3 Å². The Labute approximate surface area is 197 Å². The third-order valence-electron chi connectivity index (χ3n) is 6.41. The van der Waals surface area contributed by atoms with E-state index in [4.69, 9.17) is 9.47 Å². The van der Waals surface area contributed by atoms with Crippen molar-refractivity contribution in [1.82, 2.24) is 4.98 Å². The number of ether oxygens (including phenoxy) is 2. The van der Waals surface area contributed by atoms with Crippen LogP contribution in [0, 0.1) is 17.6 Å². The number of nitrogens with one attached hydrogen (secondary N) is 1. The summed E-state index contributed by atoms with van der Waals surface area (Å²) in [5, 5.41) is 12.5. The number of hydrogen-bond donors (Lipinski definition) is 2. The van der Waals surface area contributed by atoms with Crippen molar-refractivity contribution in [2.24, 2.45) is 5.92 Å². The van der Waals surface area contributed by atoms with Gasteiger partial charge in [-0.15, -0.1) is 0 Å². The van der Waals surface area contributed by atoms with E-state index in [0.29, 0.717) is 0 Å². The number of aromatic nitrogens is 1. The fourth-order valence-electron chi connectivity index (χ4n) is 4.12. The summed E-state index contributed by atoms with van der Waals surface area (Å²) in [6, 6.07) is 4.22. The average molecular weight is 506 g/mol. The van der Waals surface area contributed by atoms with Gasteiger partial charge in [0.15, 0.2) is 17.2 Å². The summed E-state index contributed by atoms with van der Waals surface area (Å²) < 4.78 is 93.5. The van der Waals surface area contributed by atoms with Gasteiger partial charge in [-0.3, -0.25) is 9.78 Å². The van der Waals surface area contributed by atoms with Crippen LogP contribution in [0.3, 0.4) is 0 Å². The molecule has 1 aromatic carbocycles. The SMILES string of the molecule is COc1c([C@H]2[C@H](C(=O)Nc3ccnc([C@@](C)(O)CF)c3)O[C@@](C)(C(F)(F)F)[C@H]2C)ccc(F)c1F. The first-order valence-corrected chi connectivity index (χ1v) is 10.5. The van der Waals surface area contributed by atoms with E-state index in [2.05, 4.69) is 10.3 Å². The third kappa shape index (κ3) is 4.68. The van der Waals surface area contributed by atoms with E-state index >= 15 is 0 Å². The van der Waals surface area contributed by atoms with E-state index in [1.54, 1.807) is 0 Å². The quantitative estimate of drug-likeness (QED) is 0.559. The van der Waals surface area contributed by atoms with Crippen molar-refractivity contribution < 1.29 is 45.7 Å². The number of hydrogen-bond acceptors (Lipinski definition) is 5. The molecule has 12 heteroatoms. The Morgan fingerprint density at radius 1 is 1.29 bits per heavy atom. The number of amides is 1. The Bertz CT molecular complexity index is 1110. The van der Waals surface area contributed by atoms with E-state index in [1.807, 2.05) is 0 Å². The minimum Gasteiger partial charge on any atom is -0.493 e. The van der Waals surface area contributed by atoms with Gasteiger partial charge in [0.1, 0.15) is 18.4 Å². The zero-order valence-electron chi connectivity index (χ0n) is 19.2. The van der Waals surface area contributed by atoms with Crippen molar-refractivity contribution >= 4 is 11.6 Å². The number of carbonyl (C=O) groups is 1. The second kappa shape index (κ2) is 9.30. The van der Waals surface area contributed by atoms with Gasteiger partial charge in [-0.1, -0.05) is 13.0 Å². The molecular weight excluding hydrogens is 482 g/mol. The highest BCUT2D eigenvalue weighted by atomic mass is 19.4. The topological polar surface area (TPSA) is 80.7 Å². The molecule has 0 unspecified atom stereocenters. The number of anilines is 1. The first kappa shape index (κ1) is 26.7. The fourth-order valence-corrected chi connectivity index (χ4v) is 4.12. The van der Waals surface area contributed by atoms with Crippen LogP contribution in [-0.4, -0.2) is 47.7 Å². The summed E-state index contributed by atoms with van der Waals surface area (Å²) in [5.41, 5.74) is -5.08. The Morgan fingerprint density at radius 2 is 1.94 bits per heavy atom. The lowest BCUT2D eigenvalue weighted by molar-refractivity contribution is -0.272. The minimum atomic E-state index is -4.91. The summed E-state index contributed by atoms with van der Waals surface area (Å²) in [7, 11) is 1.02. The van der Waals surface area contributed by atoms with Crippen LogP contribution < -0.4 is 10.1 Å². The highest BCUT2D eigenvalue weighted by molar-refractivity contribution is 5.95. The largest absolute Gasteiger partial charge is 0.493 e. The van der Waals surface area contributed by atoms with E-state index < -0.39 is 65.3 Å². The smallest absolute Gasteiger partial charge is 0.417 e. The van der Waals surface area contributed by atoms with Crippen LogP contribution >= 0.6 is 0 Å². The first-order chi connectivity index (χ1) is 16.2. The van der Waals surface area contributed by atoms with Crippen LogP contribution in [0.15, 0.2) is 30.5 Å². The molecule has 0 radical (unpaired) electrons. The molecule has 1 aromatic heterocycles. The van der Waals surface area contributed by atoms with Gasteiger partial charge in [-0.25, -0.2) is 8.78 Å². The second-order valence-electron chi connectivity index (χ2n) is 8.77. The van der Waals surface area contributed by atoms with Gasteiger partial charge >= 0.3 is 6.18 Å². The number of aliphatic hydroxyl groups is 1. The second-order valence-corrected chi connectivity index (χ2v) is 8.77. The lowest BCUT2D eigenvalue weighted by Crippen LogP contribution is -2.47. The van der Waals surface area contributed by atoms with Crippen molar-refractivity contribution in [3.63, 3.8) is 0 Å². The minimum absolute atomic E-state index is 0.00147. The van der Waals surface area contributed by atoms with Crippen LogP contribution in [0.2, 0.25) is 0 Å². The van der Waals surface area contributed by atoms with Crippen LogP contribution in [0.1, 0.15) is 37.9 Å². The van der Waals surface area contributed by atoms with Crippen LogP contribution in [0.5, 0.6) is 5.75 Å².